The molecule has 0 atom stereocenters. The van der Waals surface area contributed by atoms with Gasteiger partial charge in [-0.15, -0.1) is 0 Å². The average Bonchev–Trinajstić information content (AvgIpc) is 2.52. The van der Waals surface area contributed by atoms with E-state index < -0.39 is 0 Å². The van der Waals surface area contributed by atoms with E-state index in [4.69, 9.17) is 11.6 Å². The summed E-state index contributed by atoms with van der Waals surface area (Å²) in [5.74, 6) is -0.230. The lowest BCUT2D eigenvalue weighted by Gasteiger charge is -2.25. The molecule has 1 amide bonds. The summed E-state index contributed by atoms with van der Waals surface area (Å²) >= 11 is 5.88. The zero-order chi connectivity index (χ0) is 18.8. The van der Waals surface area contributed by atoms with Crippen LogP contribution in [0.1, 0.15) is 68.6 Å². The van der Waals surface area contributed by atoms with Crippen LogP contribution in [0.4, 0.5) is 0 Å². The standard InChI is InChI=1S/C22H26ClNO/c1-21(2,3)17-11-16(12-18(13-17)22(4,5)6)20(25)24-14-15-7-9-19(23)10-8-15/h7-14H,1-6H3. The number of hydrogen-bond acceptors (Lipinski definition) is 1. The normalized spacial score (nSPS) is 12.6. The first kappa shape index (κ1) is 19.4. The summed E-state index contributed by atoms with van der Waals surface area (Å²) in [6.07, 6.45) is 1.58. The molecule has 132 valence electrons. The fourth-order valence-electron chi connectivity index (χ4n) is 2.37. The highest BCUT2D eigenvalue weighted by molar-refractivity contribution is 6.30. The summed E-state index contributed by atoms with van der Waals surface area (Å²) in [6.45, 7) is 12.9. The topological polar surface area (TPSA) is 29.4 Å². The second-order valence-corrected chi connectivity index (χ2v) is 8.85. The van der Waals surface area contributed by atoms with Crippen LogP contribution in [0.3, 0.4) is 0 Å². The van der Waals surface area contributed by atoms with E-state index in [1.165, 1.54) is 0 Å². The van der Waals surface area contributed by atoms with Crippen LogP contribution in [0.15, 0.2) is 47.5 Å². The molecule has 0 unspecified atom stereocenters. The van der Waals surface area contributed by atoms with Gasteiger partial charge in [-0.2, -0.15) is 0 Å². The zero-order valence-corrected chi connectivity index (χ0v) is 16.6. The molecule has 0 saturated heterocycles. The van der Waals surface area contributed by atoms with E-state index in [0.717, 1.165) is 16.7 Å². The first-order valence-electron chi connectivity index (χ1n) is 8.47. The molecule has 0 saturated carbocycles. The minimum Gasteiger partial charge on any atom is -0.267 e. The quantitative estimate of drug-likeness (QED) is 0.590. The molecule has 0 radical (unpaired) electrons. The number of aliphatic imine (C=N–C) groups is 1. The molecular formula is C22H26ClNO. The summed E-state index contributed by atoms with van der Waals surface area (Å²) in [6, 6.07) is 13.3. The van der Waals surface area contributed by atoms with Gasteiger partial charge in [0.1, 0.15) is 0 Å². The van der Waals surface area contributed by atoms with Gasteiger partial charge in [-0.1, -0.05) is 71.3 Å². The first-order chi connectivity index (χ1) is 11.5. The lowest BCUT2D eigenvalue weighted by Crippen LogP contribution is -2.17. The maximum Gasteiger partial charge on any atom is 0.276 e. The van der Waals surface area contributed by atoms with Crippen LogP contribution in [-0.4, -0.2) is 12.1 Å². The van der Waals surface area contributed by atoms with E-state index in [2.05, 4.69) is 52.6 Å². The third kappa shape index (κ3) is 5.27. The second kappa shape index (κ2) is 7.13. The van der Waals surface area contributed by atoms with Gasteiger partial charge in [0.25, 0.3) is 5.91 Å². The molecule has 25 heavy (non-hydrogen) atoms. The number of rotatable bonds is 2. The highest BCUT2D eigenvalue weighted by Crippen LogP contribution is 2.30. The number of carbonyl (C=O) groups is 1. The van der Waals surface area contributed by atoms with Crippen LogP contribution < -0.4 is 0 Å². The molecule has 2 aromatic rings. The summed E-state index contributed by atoms with van der Waals surface area (Å²) in [5.41, 5.74) is 3.70. The SMILES string of the molecule is CC(C)(C)c1cc(C(=O)N=Cc2ccc(Cl)cc2)cc(C(C)(C)C)c1. The van der Waals surface area contributed by atoms with Gasteiger partial charge in [-0.05, 0) is 51.8 Å². The Kier molecular flexibility index (Phi) is 5.53. The van der Waals surface area contributed by atoms with Crippen LogP contribution >= 0.6 is 11.6 Å². The number of carbonyl (C=O) groups excluding carboxylic acids is 1. The fourth-order valence-corrected chi connectivity index (χ4v) is 2.50. The van der Waals surface area contributed by atoms with Crippen LogP contribution in [0.2, 0.25) is 5.02 Å². The predicted octanol–water partition coefficient (Wildman–Crippen LogP) is 6.19. The molecule has 0 aromatic heterocycles. The molecule has 0 aliphatic heterocycles. The van der Waals surface area contributed by atoms with Crippen molar-refractivity contribution in [1.82, 2.24) is 0 Å². The van der Waals surface area contributed by atoms with Crippen molar-refractivity contribution in [3.8, 4) is 0 Å². The Hall–Kier alpha value is -1.93. The van der Waals surface area contributed by atoms with Crippen LogP contribution in [0.5, 0.6) is 0 Å². The molecule has 2 rings (SSSR count). The molecule has 0 aliphatic carbocycles. The Morgan fingerprint density at radius 3 is 1.80 bits per heavy atom. The molecule has 0 bridgehead atoms. The summed E-state index contributed by atoms with van der Waals surface area (Å²) in [4.78, 5) is 16.8. The molecule has 0 spiro atoms. The van der Waals surface area contributed by atoms with E-state index in [1.54, 1.807) is 18.3 Å². The van der Waals surface area contributed by atoms with Crippen molar-refractivity contribution >= 4 is 23.7 Å². The van der Waals surface area contributed by atoms with Gasteiger partial charge in [-0.3, -0.25) is 4.79 Å². The number of hydrogen-bond donors (Lipinski definition) is 0. The highest BCUT2D eigenvalue weighted by atomic mass is 35.5. The lowest BCUT2D eigenvalue weighted by molar-refractivity contribution is 0.100. The number of halogens is 1. The molecule has 2 aromatic carbocycles. The second-order valence-electron chi connectivity index (χ2n) is 8.41. The Morgan fingerprint density at radius 2 is 1.36 bits per heavy atom. The maximum atomic E-state index is 12.6. The van der Waals surface area contributed by atoms with Crippen molar-refractivity contribution in [3.63, 3.8) is 0 Å². The molecule has 0 heterocycles. The van der Waals surface area contributed by atoms with Gasteiger partial charge in [0, 0.05) is 16.8 Å². The van der Waals surface area contributed by atoms with Gasteiger partial charge in [0.15, 0.2) is 0 Å². The lowest BCUT2D eigenvalue weighted by atomic mass is 9.79. The van der Waals surface area contributed by atoms with Crippen molar-refractivity contribution in [2.75, 3.05) is 0 Å². The van der Waals surface area contributed by atoms with Gasteiger partial charge in [0.2, 0.25) is 0 Å². The van der Waals surface area contributed by atoms with Crippen molar-refractivity contribution in [3.05, 3.63) is 69.7 Å². The van der Waals surface area contributed by atoms with E-state index in [9.17, 15) is 4.79 Å². The molecular weight excluding hydrogens is 330 g/mol. The summed E-state index contributed by atoms with van der Waals surface area (Å²) < 4.78 is 0. The van der Waals surface area contributed by atoms with E-state index in [0.29, 0.717) is 10.6 Å². The van der Waals surface area contributed by atoms with Crippen molar-refractivity contribution in [2.45, 2.75) is 52.4 Å². The summed E-state index contributed by atoms with van der Waals surface area (Å²) in [5, 5.41) is 0.663. The van der Waals surface area contributed by atoms with Crippen molar-refractivity contribution < 1.29 is 4.79 Å². The number of amides is 1. The predicted molar refractivity (Wildman–Crippen MR) is 107 cm³/mol. The largest absolute Gasteiger partial charge is 0.276 e. The molecule has 0 N–H and O–H groups in total. The summed E-state index contributed by atoms with van der Waals surface area (Å²) in [7, 11) is 0. The minimum atomic E-state index is -0.230. The van der Waals surface area contributed by atoms with Crippen molar-refractivity contribution in [1.29, 1.82) is 0 Å². The number of benzene rings is 2. The third-order valence-electron chi connectivity index (χ3n) is 4.11. The Bertz CT molecular complexity index is 758. The third-order valence-corrected chi connectivity index (χ3v) is 4.36. The fraction of sp³-hybridized carbons (Fsp3) is 0.364. The highest BCUT2D eigenvalue weighted by Gasteiger charge is 2.22. The van der Waals surface area contributed by atoms with Crippen LogP contribution in [0.25, 0.3) is 0 Å². The van der Waals surface area contributed by atoms with Gasteiger partial charge >= 0.3 is 0 Å². The van der Waals surface area contributed by atoms with E-state index in [-0.39, 0.29) is 16.7 Å². The van der Waals surface area contributed by atoms with E-state index >= 15 is 0 Å². The average molecular weight is 356 g/mol. The number of nitrogens with zero attached hydrogens (tertiary/aromatic N) is 1. The Labute approximate surface area is 155 Å². The smallest absolute Gasteiger partial charge is 0.267 e. The molecule has 3 heteroatoms. The molecule has 0 aliphatic rings. The Balaban J connectivity index is 2.39. The molecule has 2 nitrogen and oxygen atoms in total. The van der Waals surface area contributed by atoms with Gasteiger partial charge < -0.3 is 0 Å². The van der Waals surface area contributed by atoms with E-state index in [1.807, 2.05) is 24.3 Å². The van der Waals surface area contributed by atoms with Crippen molar-refractivity contribution in [2.24, 2.45) is 4.99 Å². The van der Waals surface area contributed by atoms with Gasteiger partial charge in [0.05, 0.1) is 0 Å². The maximum absolute atomic E-state index is 12.6. The minimum absolute atomic E-state index is 0.0316. The first-order valence-corrected chi connectivity index (χ1v) is 8.84. The van der Waals surface area contributed by atoms with Crippen LogP contribution in [0, 0.1) is 0 Å². The monoisotopic (exact) mass is 355 g/mol. The van der Waals surface area contributed by atoms with Crippen LogP contribution in [-0.2, 0) is 10.8 Å². The Morgan fingerprint density at radius 1 is 0.880 bits per heavy atom. The molecule has 0 fully saturated rings. The zero-order valence-electron chi connectivity index (χ0n) is 15.9. The van der Waals surface area contributed by atoms with Gasteiger partial charge in [-0.25, -0.2) is 4.99 Å².